The van der Waals surface area contributed by atoms with Crippen molar-refractivity contribution in [2.24, 2.45) is 0 Å². The summed E-state index contributed by atoms with van der Waals surface area (Å²) in [5.74, 6) is -2.85. The van der Waals surface area contributed by atoms with Crippen LogP contribution in [0, 0.1) is 0 Å². The van der Waals surface area contributed by atoms with Crippen LogP contribution >= 0.6 is 11.3 Å². The van der Waals surface area contributed by atoms with Gasteiger partial charge < -0.3 is 9.88 Å². The normalized spacial score (nSPS) is 16.2. The first kappa shape index (κ1) is 18.1. The lowest BCUT2D eigenvalue weighted by atomic mass is 10.1. The van der Waals surface area contributed by atoms with Crippen molar-refractivity contribution in [1.82, 2.24) is 14.9 Å². The quantitative estimate of drug-likeness (QED) is 0.742. The Hall–Kier alpha value is -2.32. The van der Waals surface area contributed by atoms with Crippen LogP contribution < -0.4 is 10.5 Å². The van der Waals surface area contributed by atoms with Crippen molar-refractivity contribution in [3.63, 3.8) is 0 Å². The number of thiazole rings is 1. The summed E-state index contributed by atoms with van der Waals surface area (Å²) in [6, 6.07) is 8.08. The van der Waals surface area contributed by atoms with Gasteiger partial charge in [-0.3, -0.25) is 9.69 Å². The minimum atomic E-state index is -2.85. The molecule has 1 N–H and O–H groups in total. The van der Waals surface area contributed by atoms with Gasteiger partial charge in [-0.15, -0.1) is 11.3 Å². The van der Waals surface area contributed by atoms with E-state index in [4.69, 9.17) is 0 Å². The van der Waals surface area contributed by atoms with Gasteiger partial charge in [-0.25, -0.2) is 13.8 Å². The van der Waals surface area contributed by atoms with E-state index in [9.17, 15) is 13.6 Å². The van der Waals surface area contributed by atoms with Crippen LogP contribution in [-0.4, -0.2) is 41.0 Å². The Morgan fingerprint density at radius 2 is 1.96 bits per heavy atom. The summed E-state index contributed by atoms with van der Waals surface area (Å²) in [5, 5.41) is 0.944. The van der Waals surface area contributed by atoms with E-state index in [2.05, 4.69) is 19.8 Å². The minimum Gasteiger partial charge on any atom is -0.368 e. The number of aromatic nitrogens is 2. The molecule has 4 rings (SSSR count). The number of rotatable bonds is 4. The van der Waals surface area contributed by atoms with Gasteiger partial charge in [0.05, 0.1) is 22.4 Å². The topological polar surface area (TPSA) is 52.2 Å². The number of anilines is 1. The lowest BCUT2D eigenvalue weighted by Gasteiger charge is -2.35. The molecule has 0 radical (unpaired) electrons. The minimum absolute atomic E-state index is 0.00127. The van der Waals surface area contributed by atoms with Gasteiger partial charge in [0.15, 0.2) is 0 Å². The number of fused-ring (bicyclic) bond motifs is 1. The van der Waals surface area contributed by atoms with Crippen molar-refractivity contribution < 1.29 is 8.78 Å². The second-order valence-corrected chi connectivity index (χ2v) is 7.97. The average molecular weight is 390 g/mol. The molecule has 2 aromatic heterocycles. The predicted molar refractivity (Wildman–Crippen MR) is 104 cm³/mol. The number of piperazine rings is 1. The van der Waals surface area contributed by atoms with E-state index in [1.165, 1.54) is 18.2 Å². The Morgan fingerprint density at radius 1 is 1.19 bits per heavy atom. The molecule has 1 aliphatic heterocycles. The molecule has 0 atom stereocenters. The summed E-state index contributed by atoms with van der Waals surface area (Å²) in [6.45, 7) is 5.12. The standard InChI is InChI=1S/C19H20F2N4OS/c1-19(20,21)13-2-4-16-15(10-13)23-18(27-16)12-24-6-8-25(9-7-24)14-3-5-17(26)22-11-14/h2-5,10-11H,6-9,12H2,1H3,(H,22,26). The van der Waals surface area contributed by atoms with Gasteiger partial charge in [0.25, 0.3) is 5.92 Å². The van der Waals surface area contributed by atoms with Gasteiger partial charge in [0, 0.05) is 50.9 Å². The average Bonchev–Trinajstić information content (AvgIpc) is 3.04. The number of aromatic amines is 1. The highest BCUT2D eigenvalue weighted by Crippen LogP contribution is 2.31. The summed E-state index contributed by atoms with van der Waals surface area (Å²) in [6.07, 6.45) is 1.74. The van der Waals surface area contributed by atoms with Gasteiger partial charge in [-0.2, -0.15) is 0 Å². The van der Waals surface area contributed by atoms with Crippen LogP contribution in [0.3, 0.4) is 0 Å². The maximum absolute atomic E-state index is 13.5. The van der Waals surface area contributed by atoms with E-state index >= 15 is 0 Å². The third-order valence-electron chi connectivity index (χ3n) is 4.80. The van der Waals surface area contributed by atoms with Crippen LogP contribution in [0.25, 0.3) is 10.2 Å². The zero-order valence-electron chi connectivity index (χ0n) is 14.9. The Bertz CT molecular complexity index is 982. The first-order valence-electron chi connectivity index (χ1n) is 8.82. The SMILES string of the molecule is CC(F)(F)c1ccc2sc(CN3CCN(c4ccc(=O)[nH]c4)CC3)nc2c1. The molecule has 0 spiro atoms. The Kier molecular flexibility index (Phi) is 4.69. The summed E-state index contributed by atoms with van der Waals surface area (Å²) < 4.78 is 27.9. The number of nitrogens with one attached hydrogen (secondary N) is 1. The highest BCUT2D eigenvalue weighted by atomic mass is 32.1. The number of halogens is 2. The van der Waals surface area contributed by atoms with Crippen molar-refractivity contribution in [2.75, 3.05) is 31.1 Å². The lowest BCUT2D eigenvalue weighted by molar-refractivity contribution is 0.0176. The predicted octanol–water partition coefficient (Wildman–Crippen LogP) is 3.42. The van der Waals surface area contributed by atoms with Crippen molar-refractivity contribution in [1.29, 1.82) is 0 Å². The lowest BCUT2D eigenvalue weighted by Crippen LogP contribution is -2.46. The maximum atomic E-state index is 13.5. The third kappa shape index (κ3) is 4.01. The molecule has 0 saturated carbocycles. The Morgan fingerprint density at radius 3 is 2.63 bits per heavy atom. The molecule has 27 heavy (non-hydrogen) atoms. The summed E-state index contributed by atoms with van der Waals surface area (Å²) >= 11 is 1.56. The molecule has 5 nitrogen and oxygen atoms in total. The van der Waals surface area contributed by atoms with Crippen LogP contribution in [0.2, 0.25) is 0 Å². The van der Waals surface area contributed by atoms with Gasteiger partial charge in [-0.05, 0) is 18.2 Å². The molecule has 142 valence electrons. The van der Waals surface area contributed by atoms with E-state index in [1.54, 1.807) is 23.6 Å². The first-order valence-corrected chi connectivity index (χ1v) is 9.64. The molecule has 1 aliphatic rings. The molecule has 0 amide bonds. The fourth-order valence-corrected chi connectivity index (χ4v) is 4.26. The second kappa shape index (κ2) is 7.01. The van der Waals surface area contributed by atoms with Gasteiger partial charge in [-0.1, -0.05) is 6.07 Å². The fourth-order valence-electron chi connectivity index (χ4n) is 3.27. The molecule has 3 heterocycles. The van der Waals surface area contributed by atoms with E-state index in [1.807, 2.05) is 6.07 Å². The largest absolute Gasteiger partial charge is 0.368 e. The maximum Gasteiger partial charge on any atom is 0.270 e. The van der Waals surface area contributed by atoms with Gasteiger partial charge in [0.1, 0.15) is 5.01 Å². The Balaban J connectivity index is 1.41. The number of hydrogen-bond acceptors (Lipinski definition) is 5. The molecule has 8 heteroatoms. The zero-order chi connectivity index (χ0) is 19.0. The van der Waals surface area contributed by atoms with E-state index < -0.39 is 5.92 Å². The van der Waals surface area contributed by atoms with Crippen molar-refractivity contribution in [3.8, 4) is 0 Å². The molecular formula is C19H20F2N4OS. The number of benzene rings is 1. The van der Waals surface area contributed by atoms with E-state index in [0.717, 1.165) is 55.0 Å². The van der Waals surface area contributed by atoms with Gasteiger partial charge >= 0.3 is 0 Å². The van der Waals surface area contributed by atoms with Crippen molar-refractivity contribution >= 4 is 27.2 Å². The zero-order valence-corrected chi connectivity index (χ0v) is 15.7. The number of alkyl halides is 2. The summed E-state index contributed by atoms with van der Waals surface area (Å²) in [4.78, 5) is 23.0. The fraction of sp³-hybridized carbons (Fsp3) is 0.368. The molecule has 3 aromatic rings. The first-order chi connectivity index (χ1) is 12.9. The third-order valence-corrected chi connectivity index (χ3v) is 5.82. The Labute approximate surface area is 159 Å². The van der Waals surface area contributed by atoms with Crippen LogP contribution in [0.5, 0.6) is 0 Å². The van der Waals surface area contributed by atoms with Crippen molar-refractivity contribution in [3.05, 3.63) is 57.5 Å². The summed E-state index contributed by atoms with van der Waals surface area (Å²) in [7, 11) is 0. The van der Waals surface area contributed by atoms with E-state index in [-0.39, 0.29) is 11.1 Å². The van der Waals surface area contributed by atoms with Gasteiger partial charge in [0.2, 0.25) is 5.56 Å². The number of H-pyrrole nitrogens is 1. The molecule has 1 aromatic carbocycles. The highest BCUT2D eigenvalue weighted by molar-refractivity contribution is 7.18. The van der Waals surface area contributed by atoms with Crippen molar-refractivity contribution in [2.45, 2.75) is 19.4 Å². The molecular weight excluding hydrogens is 370 g/mol. The van der Waals surface area contributed by atoms with Crippen LogP contribution in [0.15, 0.2) is 41.3 Å². The molecule has 1 fully saturated rings. The number of nitrogens with zero attached hydrogens (tertiary/aromatic N) is 3. The highest BCUT2D eigenvalue weighted by Gasteiger charge is 2.25. The molecule has 1 saturated heterocycles. The molecule has 0 bridgehead atoms. The van der Waals surface area contributed by atoms with E-state index in [0.29, 0.717) is 5.52 Å². The van der Waals surface area contributed by atoms with Crippen LogP contribution in [-0.2, 0) is 12.5 Å². The monoisotopic (exact) mass is 390 g/mol. The number of pyridine rings is 1. The molecule has 0 aliphatic carbocycles. The van der Waals surface area contributed by atoms with Crippen LogP contribution in [0.4, 0.5) is 14.5 Å². The second-order valence-electron chi connectivity index (χ2n) is 6.85. The molecule has 0 unspecified atom stereocenters. The van der Waals surface area contributed by atoms with Crippen LogP contribution in [0.1, 0.15) is 17.5 Å². The summed E-state index contributed by atoms with van der Waals surface area (Å²) in [5.41, 5.74) is 1.56. The smallest absolute Gasteiger partial charge is 0.270 e. The number of hydrogen-bond donors (Lipinski definition) is 1.